The van der Waals surface area contributed by atoms with Crippen molar-refractivity contribution in [2.75, 3.05) is 25.5 Å². The van der Waals surface area contributed by atoms with E-state index in [1.54, 1.807) is 12.1 Å². The number of rotatable bonds is 3. The molecule has 0 amide bonds. The molecule has 0 spiro atoms. The highest BCUT2D eigenvalue weighted by Crippen LogP contribution is 2.37. The molecule has 1 aromatic heterocycles. The number of nitrogens with zero attached hydrogens (tertiary/aromatic N) is 4. The standard InChI is InChI=1S/C21H25N5O/c1-26-10-4-5-15(13-26)23-21-17-7-3-2-6-16(17)20(24-25-21)18-9-8-14(12-22)11-19(18)27/h8-9,11,15,27H,2-7,10,13H2,1H3,(H,23,25)/t15-/m1/s1. The molecule has 0 saturated carbocycles. The van der Waals surface area contributed by atoms with Crippen LogP contribution in [-0.4, -0.2) is 46.4 Å². The molecular weight excluding hydrogens is 338 g/mol. The van der Waals surface area contributed by atoms with Gasteiger partial charge in [0, 0.05) is 23.7 Å². The van der Waals surface area contributed by atoms with Gasteiger partial charge in [-0.2, -0.15) is 5.26 Å². The zero-order chi connectivity index (χ0) is 18.8. The maximum Gasteiger partial charge on any atom is 0.152 e. The van der Waals surface area contributed by atoms with E-state index < -0.39 is 0 Å². The van der Waals surface area contributed by atoms with Gasteiger partial charge in [-0.25, -0.2) is 0 Å². The first-order valence-corrected chi connectivity index (χ1v) is 9.72. The second kappa shape index (κ2) is 7.53. The number of likely N-dealkylation sites (N-methyl/N-ethyl adjacent to an activating group) is 1. The third kappa shape index (κ3) is 3.60. The predicted octanol–water partition coefficient (Wildman–Crippen LogP) is 3.11. The van der Waals surface area contributed by atoms with Crippen molar-refractivity contribution in [1.82, 2.24) is 15.1 Å². The number of phenols is 1. The van der Waals surface area contributed by atoms with Gasteiger partial charge in [-0.05, 0) is 75.9 Å². The number of hydrogen-bond acceptors (Lipinski definition) is 6. The van der Waals surface area contributed by atoms with Gasteiger partial charge in [0.25, 0.3) is 0 Å². The van der Waals surface area contributed by atoms with Gasteiger partial charge in [0.2, 0.25) is 0 Å². The summed E-state index contributed by atoms with van der Waals surface area (Å²) in [6, 6.07) is 7.45. The van der Waals surface area contributed by atoms with Crippen LogP contribution < -0.4 is 5.32 Å². The number of piperidine rings is 1. The van der Waals surface area contributed by atoms with Crippen LogP contribution in [0.5, 0.6) is 5.75 Å². The number of nitrogens with one attached hydrogen (secondary N) is 1. The minimum Gasteiger partial charge on any atom is -0.507 e. The highest BCUT2D eigenvalue weighted by Gasteiger charge is 2.24. The van der Waals surface area contributed by atoms with E-state index in [9.17, 15) is 5.11 Å². The average molecular weight is 363 g/mol. The topological polar surface area (TPSA) is 85.1 Å². The van der Waals surface area contributed by atoms with E-state index in [0.717, 1.165) is 56.7 Å². The first-order valence-electron chi connectivity index (χ1n) is 9.72. The molecule has 2 aliphatic rings. The van der Waals surface area contributed by atoms with Crippen LogP contribution in [0.25, 0.3) is 11.3 Å². The Bertz CT molecular complexity index is 889. The molecule has 1 atom stereocenters. The van der Waals surface area contributed by atoms with Gasteiger partial charge in [-0.3, -0.25) is 0 Å². The Kier molecular flexibility index (Phi) is 4.95. The van der Waals surface area contributed by atoms with Crippen LogP contribution in [-0.2, 0) is 12.8 Å². The lowest BCUT2D eigenvalue weighted by Gasteiger charge is -2.31. The Balaban J connectivity index is 1.70. The van der Waals surface area contributed by atoms with Gasteiger partial charge in [0.1, 0.15) is 11.4 Å². The van der Waals surface area contributed by atoms with Crippen molar-refractivity contribution in [2.45, 2.75) is 44.6 Å². The van der Waals surface area contributed by atoms with Crippen LogP contribution in [0.1, 0.15) is 42.4 Å². The van der Waals surface area contributed by atoms with E-state index in [0.29, 0.717) is 17.2 Å². The van der Waals surface area contributed by atoms with Crippen LogP contribution in [0.15, 0.2) is 18.2 Å². The smallest absolute Gasteiger partial charge is 0.152 e. The third-order valence-corrected chi connectivity index (χ3v) is 5.64. The lowest BCUT2D eigenvalue weighted by Crippen LogP contribution is -2.40. The van der Waals surface area contributed by atoms with Gasteiger partial charge < -0.3 is 15.3 Å². The Morgan fingerprint density at radius 1 is 1.19 bits per heavy atom. The molecule has 2 aromatic rings. The number of nitriles is 1. The monoisotopic (exact) mass is 363 g/mol. The normalized spacial score (nSPS) is 19.9. The predicted molar refractivity (Wildman–Crippen MR) is 105 cm³/mol. The molecule has 1 aliphatic heterocycles. The van der Waals surface area contributed by atoms with Crippen molar-refractivity contribution in [1.29, 1.82) is 5.26 Å². The average Bonchev–Trinajstić information content (AvgIpc) is 2.68. The molecular formula is C21H25N5O. The number of likely N-dealkylation sites (tertiary alicyclic amines) is 1. The molecule has 1 saturated heterocycles. The second-order valence-electron chi connectivity index (χ2n) is 7.65. The Labute approximate surface area is 159 Å². The first-order chi connectivity index (χ1) is 13.2. The number of aromatic nitrogens is 2. The summed E-state index contributed by atoms with van der Waals surface area (Å²) in [5.74, 6) is 0.993. The first kappa shape index (κ1) is 17.7. The summed E-state index contributed by atoms with van der Waals surface area (Å²) in [4.78, 5) is 2.35. The van der Waals surface area contributed by atoms with Crippen LogP contribution in [0, 0.1) is 11.3 Å². The van der Waals surface area contributed by atoms with Crippen molar-refractivity contribution in [3.8, 4) is 23.1 Å². The van der Waals surface area contributed by atoms with Crippen LogP contribution in [0.2, 0.25) is 0 Å². The Hall–Kier alpha value is -2.65. The molecule has 6 nitrogen and oxygen atoms in total. The van der Waals surface area contributed by atoms with E-state index in [-0.39, 0.29) is 5.75 Å². The lowest BCUT2D eigenvalue weighted by atomic mass is 9.88. The van der Waals surface area contributed by atoms with Crippen molar-refractivity contribution in [2.24, 2.45) is 0 Å². The number of hydrogen-bond donors (Lipinski definition) is 2. The van der Waals surface area contributed by atoms with Crippen LogP contribution >= 0.6 is 0 Å². The summed E-state index contributed by atoms with van der Waals surface area (Å²) >= 11 is 0. The molecule has 2 N–H and O–H groups in total. The summed E-state index contributed by atoms with van der Waals surface area (Å²) < 4.78 is 0. The minimum atomic E-state index is 0.0886. The van der Waals surface area contributed by atoms with E-state index in [1.807, 2.05) is 0 Å². The van der Waals surface area contributed by atoms with E-state index >= 15 is 0 Å². The fourth-order valence-corrected chi connectivity index (χ4v) is 4.26. The minimum absolute atomic E-state index is 0.0886. The number of anilines is 1. The summed E-state index contributed by atoms with van der Waals surface area (Å²) in [5.41, 5.74) is 4.27. The van der Waals surface area contributed by atoms with E-state index in [2.05, 4.69) is 33.5 Å². The molecule has 2 heterocycles. The van der Waals surface area contributed by atoms with Gasteiger partial charge >= 0.3 is 0 Å². The molecule has 1 aromatic carbocycles. The van der Waals surface area contributed by atoms with Crippen molar-refractivity contribution < 1.29 is 5.11 Å². The Morgan fingerprint density at radius 2 is 2.00 bits per heavy atom. The number of phenolic OH excluding ortho intramolecular Hbond substituents is 1. The molecule has 0 unspecified atom stereocenters. The number of fused-ring (bicyclic) bond motifs is 1. The fraction of sp³-hybridized carbons (Fsp3) is 0.476. The SMILES string of the molecule is CN1CCC[C@@H](Nc2nnc(-c3ccc(C#N)cc3O)c3c2CCCC3)C1. The van der Waals surface area contributed by atoms with E-state index in [4.69, 9.17) is 5.26 Å². The van der Waals surface area contributed by atoms with Crippen LogP contribution in [0.4, 0.5) is 5.82 Å². The van der Waals surface area contributed by atoms with Gasteiger partial charge in [0.15, 0.2) is 5.82 Å². The maximum atomic E-state index is 10.4. The molecule has 0 radical (unpaired) electrons. The van der Waals surface area contributed by atoms with Crippen molar-refractivity contribution in [3.05, 3.63) is 34.9 Å². The van der Waals surface area contributed by atoms with Crippen molar-refractivity contribution in [3.63, 3.8) is 0 Å². The lowest BCUT2D eigenvalue weighted by molar-refractivity contribution is 0.260. The van der Waals surface area contributed by atoms with Gasteiger partial charge in [-0.1, -0.05) is 0 Å². The molecule has 0 bridgehead atoms. The molecule has 1 fully saturated rings. The summed E-state index contributed by atoms with van der Waals surface area (Å²) in [6.07, 6.45) is 6.55. The fourth-order valence-electron chi connectivity index (χ4n) is 4.26. The van der Waals surface area contributed by atoms with Gasteiger partial charge in [-0.15, -0.1) is 10.2 Å². The van der Waals surface area contributed by atoms with E-state index in [1.165, 1.54) is 23.6 Å². The zero-order valence-electron chi connectivity index (χ0n) is 15.7. The number of benzene rings is 1. The summed E-state index contributed by atoms with van der Waals surface area (Å²) in [6.45, 7) is 2.17. The van der Waals surface area contributed by atoms with Crippen LogP contribution in [0.3, 0.4) is 0 Å². The third-order valence-electron chi connectivity index (χ3n) is 5.64. The molecule has 140 valence electrons. The molecule has 1 aliphatic carbocycles. The number of aromatic hydroxyl groups is 1. The molecule has 27 heavy (non-hydrogen) atoms. The summed E-state index contributed by atoms with van der Waals surface area (Å²) in [5, 5.41) is 32.1. The second-order valence-corrected chi connectivity index (χ2v) is 7.65. The largest absolute Gasteiger partial charge is 0.507 e. The Morgan fingerprint density at radius 3 is 2.74 bits per heavy atom. The molecule has 4 rings (SSSR count). The highest BCUT2D eigenvalue weighted by molar-refractivity contribution is 5.73. The van der Waals surface area contributed by atoms with Crippen molar-refractivity contribution >= 4 is 5.82 Å². The van der Waals surface area contributed by atoms with Gasteiger partial charge in [0.05, 0.1) is 11.6 Å². The highest BCUT2D eigenvalue weighted by atomic mass is 16.3. The quantitative estimate of drug-likeness (QED) is 0.872. The summed E-state index contributed by atoms with van der Waals surface area (Å²) in [7, 11) is 2.16. The molecule has 6 heteroatoms. The zero-order valence-corrected chi connectivity index (χ0v) is 15.7. The maximum absolute atomic E-state index is 10.4.